The number of nitrogens with zero attached hydrogens (tertiary/aromatic N) is 3. The molecule has 1 unspecified atom stereocenters. The predicted molar refractivity (Wildman–Crippen MR) is 129 cm³/mol. The fraction of sp³-hybridized carbons (Fsp3) is 0.154. The van der Waals surface area contributed by atoms with Crippen LogP contribution in [0.2, 0.25) is 0 Å². The standard InChI is InChI=1S/C26H23N5O4/c1-17-10-12-18(13-11-17)20-15-22(31(29-20)19-7-4-3-5-8-19)27-23(32)16-30-24(33)26(2,28-25(30)34)21-9-6-14-35-21/h3-15H,16H2,1-2H3,(H,27,32)(H,28,34). The lowest BCUT2D eigenvalue weighted by atomic mass is 9.99. The first kappa shape index (κ1) is 22.1. The Hall–Kier alpha value is -4.66. The van der Waals surface area contributed by atoms with Crippen LogP contribution in [-0.2, 0) is 15.1 Å². The number of carbonyl (C=O) groups is 3. The third-order valence-electron chi connectivity index (χ3n) is 5.92. The summed E-state index contributed by atoms with van der Waals surface area (Å²) in [5.74, 6) is -0.393. The number of benzene rings is 2. The van der Waals surface area contributed by atoms with Crippen molar-refractivity contribution in [2.75, 3.05) is 11.9 Å². The highest BCUT2D eigenvalue weighted by atomic mass is 16.3. The van der Waals surface area contributed by atoms with E-state index in [1.54, 1.807) is 29.8 Å². The average molecular weight is 470 g/mol. The number of aryl methyl sites for hydroxylation is 1. The quantitative estimate of drug-likeness (QED) is 0.417. The van der Waals surface area contributed by atoms with Crippen LogP contribution in [0.3, 0.4) is 0 Å². The summed E-state index contributed by atoms with van der Waals surface area (Å²) in [6.45, 7) is 3.09. The number of imide groups is 1. The van der Waals surface area contributed by atoms with Crippen LogP contribution >= 0.6 is 0 Å². The monoisotopic (exact) mass is 469 g/mol. The second-order valence-electron chi connectivity index (χ2n) is 8.50. The molecule has 2 aromatic heterocycles. The molecule has 0 radical (unpaired) electrons. The van der Waals surface area contributed by atoms with Crippen LogP contribution in [0, 0.1) is 6.92 Å². The largest absolute Gasteiger partial charge is 0.466 e. The molecule has 1 aliphatic rings. The lowest BCUT2D eigenvalue weighted by Gasteiger charge is -2.18. The molecule has 9 heteroatoms. The first-order valence-corrected chi connectivity index (χ1v) is 11.1. The Morgan fingerprint density at radius 3 is 2.49 bits per heavy atom. The van der Waals surface area contributed by atoms with Crippen molar-refractivity contribution < 1.29 is 18.8 Å². The summed E-state index contributed by atoms with van der Waals surface area (Å²) < 4.78 is 6.95. The third kappa shape index (κ3) is 4.08. The van der Waals surface area contributed by atoms with Crippen molar-refractivity contribution in [1.29, 1.82) is 0 Å². The van der Waals surface area contributed by atoms with Gasteiger partial charge in [-0.05, 0) is 38.1 Å². The number of urea groups is 1. The van der Waals surface area contributed by atoms with Crippen molar-refractivity contribution in [2.24, 2.45) is 0 Å². The van der Waals surface area contributed by atoms with E-state index in [2.05, 4.69) is 15.7 Å². The van der Waals surface area contributed by atoms with E-state index in [0.717, 1.165) is 21.7 Å². The lowest BCUT2D eigenvalue weighted by molar-refractivity contribution is -0.134. The van der Waals surface area contributed by atoms with Crippen LogP contribution in [0.1, 0.15) is 18.2 Å². The maximum atomic E-state index is 13.0. The molecule has 1 saturated heterocycles. The number of hydrogen-bond donors (Lipinski definition) is 2. The Kier molecular flexibility index (Phi) is 5.44. The second-order valence-corrected chi connectivity index (χ2v) is 8.50. The van der Waals surface area contributed by atoms with Crippen LogP contribution in [0.15, 0.2) is 83.5 Å². The number of carbonyl (C=O) groups excluding carboxylic acids is 3. The Bertz CT molecular complexity index is 1390. The number of furan rings is 1. The van der Waals surface area contributed by atoms with E-state index in [1.165, 1.54) is 6.26 Å². The summed E-state index contributed by atoms with van der Waals surface area (Å²) in [7, 11) is 0. The van der Waals surface area contributed by atoms with Crippen molar-refractivity contribution in [3.8, 4) is 16.9 Å². The van der Waals surface area contributed by atoms with Crippen LogP contribution in [-0.4, -0.2) is 39.1 Å². The minimum Gasteiger partial charge on any atom is -0.466 e. The Labute approximate surface area is 201 Å². The smallest absolute Gasteiger partial charge is 0.325 e. The minimum absolute atomic E-state index is 0.295. The maximum absolute atomic E-state index is 13.0. The molecule has 9 nitrogen and oxygen atoms in total. The van der Waals surface area contributed by atoms with E-state index in [9.17, 15) is 14.4 Å². The third-order valence-corrected chi connectivity index (χ3v) is 5.92. The molecule has 176 valence electrons. The van der Waals surface area contributed by atoms with Crippen molar-refractivity contribution in [3.63, 3.8) is 0 Å². The van der Waals surface area contributed by atoms with Gasteiger partial charge in [0, 0.05) is 11.6 Å². The highest BCUT2D eigenvalue weighted by Crippen LogP contribution is 2.29. The zero-order chi connectivity index (χ0) is 24.6. The molecular weight excluding hydrogens is 446 g/mol. The molecule has 4 aromatic rings. The number of aromatic nitrogens is 2. The van der Waals surface area contributed by atoms with Crippen molar-refractivity contribution in [2.45, 2.75) is 19.4 Å². The summed E-state index contributed by atoms with van der Waals surface area (Å²) in [4.78, 5) is 39.4. The van der Waals surface area contributed by atoms with Gasteiger partial charge in [0.1, 0.15) is 18.1 Å². The van der Waals surface area contributed by atoms with Crippen molar-refractivity contribution in [3.05, 3.63) is 90.4 Å². The number of para-hydroxylation sites is 1. The number of rotatable bonds is 6. The SMILES string of the molecule is Cc1ccc(-c2cc(NC(=O)CN3C(=O)NC(C)(c4ccco4)C3=O)n(-c3ccccc3)n2)cc1. The Morgan fingerprint density at radius 1 is 1.06 bits per heavy atom. The molecule has 1 atom stereocenters. The summed E-state index contributed by atoms with van der Waals surface area (Å²) >= 11 is 0. The van der Waals surface area contributed by atoms with E-state index in [4.69, 9.17) is 4.42 Å². The first-order chi connectivity index (χ1) is 16.8. The molecule has 1 aliphatic heterocycles. The molecule has 0 spiro atoms. The predicted octanol–water partition coefficient (Wildman–Crippen LogP) is 3.85. The molecular formula is C26H23N5O4. The van der Waals surface area contributed by atoms with Crippen LogP contribution in [0.4, 0.5) is 10.6 Å². The second kappa shape index (κ2) is 8.60. The molecule has 4 amide bonds. The highest BCUT2D eigenvalue weighted by Gasteiger charge is 2.51. The highest BCUT2D eigenvalue weighted by molar-refractivity contribution is 6.10. The summed E-state index contributed by atoms with van der Waals surface area (Å²) in [6, 6.07) is 21.6. The maximum Gasteiger partial charge on any atom is 0.325 e. The Morgan fingerprint density at radius 2 is 1.80 bits per heavy atom. The van der Waals surface area contributed by atoms with Gasteiger partial charge in [0.15, 0.2) is 5.54 Å². The number of hydrogen-bond acceptors (Lipinski definition) is 5. The molecule has 0 saturated carbocycles. The van der Waals surface area contributed by atoms with Gasteiger partial charge in [-0.3, -0.25) is 14.5 Å². The molecule has 0 bridgehead atoms. The van der Waals surface area contributed by atoms with Crippen molar-refractivity contribution in [1.82, 2.24) is 20.0 Å². The molecule has 35 heavy (non-hydrogen) atoms. The van der Waals surface area contributed by atoms with E-state index < -0.39 is 29.9 Å². The van der Waals surface area contributed by atoms with Gasteiger partial charge in [-0.15, -0.1) is 0 Å². The van der Waals surface area contributed by atoms with Crippen molar-refractivity contribution >= 4 is 23.7 Å². The van der Waals surface area contributed by atoms with Crippen LogP contribution in [0.5, 0.6) is 0 Å². The topological polar surface area (TPSA) is 109 Å². The van der Waals surface area contributed by atoms with Gasteiger partial charge in [-0.1, -0.05) is 48.0 Å². The number of anilines is 1. The van der Waals surface area contributed by atoms with E-state index in [0.29, 0.717) is 17.3 Å². The molecule has 1 fully saturated rings. The minimum atomic E-state index is -1.37. The normalized spacial score (nSPS) is 17.5. The van der Waals surface area contributed by atoms with Gasteiger partial charge in [-0.2, -0.15) is 5.10 Å². The van der Waals surface area contributed by atoms with Gasteiger partial charge in [0.2, 0.25) is 5.91 Å². The lowest BCUT2D eigenvalue weighted by Crippen LogP contribution is -2.42. The van der Waals surface area contributed by atoms with Gasteiger partial charge >= 0.3 is 6.03 Å². The van der Waals surface area contributed by atoms with Gasteiger partial charge in [0.25, 0.3) is 5.91 Å². The fourth-order valence-corrected chi connectivity index (χ4v) is 4.00. The van der Waals surface area contributed by atoms with Gasteiger partial charge in [-0.25, -0.2) is 9.48 Å². The van der Waals surface area contributed by atoms with Gasteiger partial charge < -0.3 is 15.1 Å². The van der Waals surface area contributed by atoms with Crippen LogP contribution < -0.4 is 10.6 Å². The molecule has 5 rings (SSSR count). The fourth-order valence-electron chi connectivity index (χ4n) is 4.00. The average Bonchev–Trinajstić information content (AvgIpc) is 3.58. The van der Waals surface area contributed by atoms with E-state index in [-0.39, 0.29) is 0 Å². The van der Waals surface area contributed by atoms with E-state index >= 15 is 0 Å². The van der Waals surface area contributed by atoms with E-state index in [1.807, 2.05) is 61.5 Å². The summed E-state index contributed by atoms with van der Waals surface area (Å²) in [6.07, 6.45) is 1.42. The molecule has 2 aromatic carbocycles. The molecule has 2 N–H and O–H groups in total. The van der Waals surface area contributed by atoms with Gasteiger partial charge in [0.05, 0.1) is 17.6 Å². The molecule has 3 heterocycles. The number of amides is 4. The zero-order valence-electron chi connectivity index (χ0n) is 19.2. The summed E-state index contributed by atoms with van der Waals surface area (Å²) in [5, 5.41) is 10.1. The molecule has 0 aliphatic carbocycles. The first-order valence-electron chi connectivity index (χ1n) is 11.1. The zero-order valence-corrected chi connectivity index (χ0v) is 19.2. The Balaban J connectivity index is 1.40. The number of nitrogens with one attached hydrogen (secondary N) is 2. The summed E-state index contributed by atoms with van der Waals surface area (Å²) in [5.41, 5.74) is 2.07. The van der Waals surface area contributed by atoms with Crippen LogP contribution in [0.25, 0.3) is 16.9 Å².